The molecule has 0 aromatic heterocycles. The molecule has 0 aliphatic rings. The number of ketones is 1. The van der Waals surface area contributed by atoms with Gasteiger partial charge in [0, 0.05) is 5.56 Å². The third-order valence-electron chi connectivity index (χ3n) is 3.41. The fourth-order valence-corrected chi connectivity index (χ4v) is 2.18. The maximum absolute atomic E-state index is 12.6. The third kappa shape index (κ3) is 3.74. The van der Waals surface area contributed by atoms with Gasteiger partial charge in [0.25, 0.3) is 0 Å². The molecular weight excluding hydrogens is 296 g/mol. The summed E-state index contributed by atoms with van der Waals surface area (Å²) in [5, 5.41) is 0. The van der Waals surface area contributed by atoms with Crippen LogP contribution in [0, 0.1) is 0 Å². The van der Waals surface area contributed by atoms with Crippen molar-refractivity contribution in [3.63, 3.8) is 0 Å². The Kier molecular flexibility index (Phi) is 5.46. The van der Waals surface area contributed by atoms with Gasteiger partial charge in [-0.25, -0.2) is 0 Å². The molecule has 0 heterocycles. The number of carbonyl (C=O) groups is 1. The second-order valence-electron chi connectivity index (χ2n) is 4.84. The van der Waals surface area contributed by atoms with E-state index in [1.807, 2.05) is 12.1 Å². The summed E-state index contributed by atoms with van der Waals surface area (Å²) in [6, 6.07) is 12.2. The van der Waals surface area contributed by atoms with E-state index in [1.165, 1.54) is 7.11 Å². The first kappa shape index (κ1) is 16.7. The summed E-state index contributed by atoms with van der Waals surface area (Å²) >= 11 is 0. The molecule has 2 aromatic rings. The number of Topliss-reactive ketones (excluding diaryl/α,β-unsaturated/α-hetero) is 1. The molecule has 0 fully saturated rings. The van der Waals surface area contributed by atoms with Crippen LogP contribution in [0.5, 0.6) is 23.0 Å². The maximum atomic E-state index is 12.6. The van der Waals surface area contributed by atoms with Crippen molar-refractivity contribution >= 4 is 5.78 Å². The molecule has 23 heavy (non-hydrogen) atoms. The number of hydrogen-bond acceptors (Lipinski definition) is 5. The van der Waals surface area contributed by atoms with Crippen molar-refractivity contribution in [2.75, 3.05) is 21.3 Å². The van der Waals surface area contributed by atoms with Gasteiger partial charge in [-0.2, -0.15) is 0 Å². The summed E-state index contributed by atoms with van der Waals surface area (Å²) < 4.78 is 21.4. The first-order chi connectivity index (χ1) is 11.1. The van der Waals surface area contributed by atoms with Crippen LogP contribution >= 0.6 is 0 Å². The van der Waals surface area contributed by atoms with Gasteiger partial charge in [0.1, 0.15) is 0 Å². The van der Waals surface area contributed by atoms with Crippen LogP contribution in [0.1, 0.15) is 17.3 Å². The number of benzene rings is 2. The predicted octanol–water partition coefficient (Wildman–Crippen LogP) is 3.36. The van der Waals surface area contributed by atoms with Gasteiger partial charge in [-0.3, -0.25) is 4.79 Å². The molecule has 1 atom stereocenters. The van der Waals surface area contributed by atoms with Gasteiger partial charge >= 0.3 is 0 Å². The smallest absolute Gasteiger partial charge is 0.203 e. The quantitative estimate of drug-likeness (QED) is 0.733. The standard InChI is InChI=1S/C18H20O5/c1-12(23-16-8-6-5-7-14(16)20-2)18(19)13-9-10-15(21-3)17(11-13)22-4/h5-12H,1-4H3. The van der Waals surface area contributed by atoms with Gasteiger partial charge in [-0.05, 0) is 37.3 Å². The van der Waals surface area contributed by atoms with Gasteiger partial charge in [0.15, 0.2) is 29.1 Å². The highest BCUT2D eigenvalue weighted by molar-refractivity contribution is 6.00. The van der Waals surface area contributed by atoms with Crippen LogP contribution in [0.3, 0.4) is 0 Å². The lowest BCUT2D eigenvalue weighted by atomic mass is 10.1. The number of carbonyl (C=O) groups excluding carboxylic acids is 1. The topological polar surface area (TPSA) is 54.0 Å². The summed E-state index contributed by atoms with van der Waals surface area (Å²) in [6.07, 6.45) is -0.663. The van der Waals surface area contributed by atoms with Crippen molar-refractivity contribution in [3.05, 3.63) is 48.0 Å². The monoisotopic (exact) mass is 316 g/mol. The lowest BCUT2D eigenvalue weighted by molar-refractivity contribution is 0.0813. The van der Waals surface area contributed by atoms with Crippen LogP contribution in [0.15, 0.2) is 42.5 Å². The molecule has 2 aromatic carbocycles. The van der Waals surface area contributed by atoms with E-state index in [0.717, 1.165) is 0 Å². The first-order valence-electron chi connectivity index (χ1n) is 7.16. The van der Waals surface area contributed by atoms with Crippen molar-refractivity contribution in [3.8, 4) is 23.0 Å². The molecule has 0 aliphatic carbocycles. The minimum atomic E-state index is -0.663. The van der Waals surface area contributed by atoms with E-state index < -0.39 is 6.10 Å². The Labute approximate surface area is 135 Å². The third-order valence-corrected chi connectivity index (χ3v) is 3.41. The molecule has 122 valence electrons. The molecule has 0 radical (unpaired) electrons. The van der Waals surface area contributed by atoms with Crippen molar-refractivity contribution in [2.45, 2.75) is 13.0 Å². The second kappa shape index (κ2) is 7.54. The normalized spacial score (nSPS) is 11.5. The van der Waals surface area contributed by atoms with E-state index in [4.69, 9.17) is 18.9 Å². The highest BCUT2D eigenvalue weighted by Gasteiger charge is 2.20. The molecule has 0 saturated heterocycles. The van der Waals surface area contributed by atoms with Crippen LogP contribution < -0.4 is 18.9 Å². The van der Waals surface area contributed by atoms with Crippen LogP contribution in [0.25, 0.3) is 0 Å². The van der Waals surface area contributed by atoms with Gasteiger partial charge in [0.2, 0.25) is 5.78 Å². The average molecular weight is 316 g/mol. The summed E-state index contributed by atoms with van der Waals surface area (Å²) in [5.41, 5.74) is 0.491. The fraction of sp³-hybridized carbons (Fsp3) is 0.278. The van der Waals surface area contributed by atoms with Gasteiger partial charge < -0.3 is 18.9 Å². The SMILES string of the molecule is COc1ccc(C(=O)C(C)Oc2ccccc2OC)cc1OC. The van der Waals surface area contributed by atoms with E-state index >= 15 is 0 Å². The summed E-state index contributed by atoms with van der Waals surface area (Å²) in [4.78, 5) is 12.6. The summed E-state index contributed by atoms with van der Waals surface area (Å²) in [5.74, 6) is 2.03. The minimum Gasteiger partial charge on any atom is -0.493 e. The minimum absolute atomic E-state index is 0.156. The summed E-state index contributed by atoms with van der Waals surface area (Å²) in [6.45, 7) is 1.70. The van der Waals surface area contributed by atoms with E-state index in [2.05, 4.69) is 0 Å². The average Bonchev–Trinajstić information content (AvgIpc) is 2.60. The maximum Gasteiger partial charge on any atom is 0.203 e. The predicted molar refractivity (Wildman–Crippen MR) is 87.0 cm³/mol. The van der Waals surface area contributed by atoms with E-state index in [0.29, 0.717) is 28.6 Å². The van der Waals surface area contributed by atoms with Crippen LogP contribution in [0.2, 0.25) is 0 Å². The summed E-state index contributed by atoms with van der Waals surface area (Å²) in [7, 11) is 4.64. The Bertz CT molecular complexity index is 681. The lowest BCUT2D eigenvalue weighted by Crippen LogP contribution is -2.24. The Balaban J connectivity index is 2.19. The molecule has 1 unspecified atom stereocenters. The largest absolute Gasteiger partial charge is 0.493 e. The Hall–Kier alpha value is -2.69. The van der Waals surface area contributed by atoms with E-state index in [9.17, 15) is 4.79 Å². The molecule has 0 amide bonds. The van der Waals surface area contributed by atoms with Crippen molar-refractivity contribution in [1.82, 2.24) is 0 Å². The van der Waals surface area contributed by atoms with Gasteiger partial charge in [0.05, 0.1) is 21.3 Å². The lowest BCUT2D eigenvalue weighted by Gasteiger charge is -2.16. The zero-order valence-corrected chi connectivity index (χ0v) is 13.7. The Morgan fingerprint density at radius 3 is 2.00 bits per heavy atom. The molecule has 0 aliphatic heterocycles. The molecule has 2 rings (SSSR count). The van der Waals surface area contributed by atoms with Crippen molar-refractivity contribution in [1.29, 1.82) is 0 Å². The molecule has 0 saturated carbocycles. The van der Waals surface area contributed by atoms with Crippen LogP contribution in [-0.2, 0) is 0 Å². The molecular formula is C18H20O5. The molecule has 0 bridgehead atoms. The first-order valence-corrected chi connectivity index (χ1v) is 7.16. The number of ether oxygens (including phenoxy) is 4. The Morgan fingerprint density at radius 2 is 1.39 bits per heavy atom. The molecule has 0 spiro atoms. The second-order valence-corrected chi connectivity index (χ2v) is 4.84. The highest BCUT2D eigenvalue weighted by Crippen LogP contribution is 2.30. The molecule has 5 heteroatoms. The van der Waals surface area contributed by atoms with Crippen LogP contribution in [0.4, 0.5) is 0 Å². The highest BCUT2D eigenvalue weighted by atomic mass is 16.5. The number of rotatable bonds is 7. The molecule has 0 N–H and O–H groups in total. The van der Waals surface area contributed by atoms with Gasteiger partial charge in [-0.1, -0.05) is 12.1 Å². The molecule has 5 nitrogen and oxygen atoms in total. The zero-order valence-electron chi connectivity index (χ0n) is 13.7. The van der Waals surface area contributed by atoms with E-state index in [1.54, 1.807) is 51.5 Å². The van der Waals surface area contributed by atoms with Crippen molar-refractivity contribution in [2.24, 2.45) is 0 Å². The van der Waals surface area contributed by atoms with Gasteiger partial charge in [-0.15, -0.1) is 0 Å². The number of hydrogen-bond donors (Lipinski definition) is 0. The number of methoxy groups -OCH3 is 3. The Morgan fingerprint density at radius 1 is 0.826 bits per heavy atom. The van der Waals surface area contributed by atoms with E-state index in [-0.39, 0.29) is 5.78 Å². The number of para-hydroxylation sites is 2. The fourth-order valence-electron chi connectivity index (χ4n) is 2.18. The van der Waals surface area contributed by atoms with Crippen LogP contribution in [-0.4, -0.2) is 33.2 Å². The zero-order chi connectivity index (χ0) is 16.8. The van der Waals surface area contributed by atoms with Crippen molar-refractivity contribution < 1.29 is 23.7 Å².